The summed E-state index contributed by atoms with van der Waals surface area (Å²) in [6, 6.07) is 12.2. The van der Waals surface area contributed by atoms with Crippen LogP contribution in [0, 0.1) is 6.92 Å². The van der Waals surface area contributed by atoms with E-state index in [0.29, 0.717) is 12.5 Å². The Labute approximate surface area is 121 Å². The van der Waals surface area contributed by atoms with Crippen molar-refractivity contribution in [3.8, 4) is 5.75 Å². The largest absolute Gasteiger partial charge is 0.491 e. The minimum absolute atomic E-state index is 0.467. The van der Waals surface area contributed by atoms with Gasteiger partial charge in [0.25, 0.3) is 0 Å². The first-order chi connectivity index (χ1) is 9.66. The van der Waals surface area contributed by atoms with Crippen LogP contribution in [-0.2, 0) is 0 Å². The Balaban J connectivity index is 1.89. The Morgan fingerprint density at radius 1 is 1.20 bits per heavy atom. The molecule has 0 fully saturated rings. The number of ether oxygens (including phenoxy) is 1. The molecule has 20 heavy (non-hydrogen) atoms. The van der Waals surface area contributed by atoms with E-state index in [-0.39, 0.29) is 0 Å². The summed E-state index contributed by atoms with van der Waals surface area (Å²) in [6.07, 6.45) is 1.78. The maximum Gasteiger partial charge on any atom is 0.125 e. The predicted molar refractivity (Wildman–Crippen MR) is 83.5 cm³/mol. The van der Waals surface area contributed by atoms with Gasteiger partial charge in [0.05, 0.1) is 6.54 Å². The van der Waals surface area contributed by atoms with E-state index in [4.69, 9.17) is 4.74 Å². The SMILES string of the molecule is Cc1ccc(C(C)C)c(OCCNc2ccccn2)c1. The highest BCUT2D eigenvalue weighted by molar-refractivity contribution is 5.39. The Kier molecular flexibility index (Phi) is 4.99. The Morgan fingerprint density at radius 2 is 2.05 bits per heavy atom. The maximum atomic E-state index is 5.91. The smallest absolute Gasteiger partial charge is 0.125 e. The minimum Gasteiger partial charge on any atom is -0.491 e. The quantitative estimate of drug-likeness (QED) is 0.805. The van der Waals surface area contributed by atoms with Gasteiger partial charge in [-0.15, -0.1) is 0 Å². The number of nitrogens with one attached hydrogen (secondary N) is 1. The minimum atomic E-state index is 0.467. The van der Waals surface area contributed by atoms with Crippen LogP contribution in [0.2, 0.25) is 0 Å². The van der Waals surface area contributed by atoms with Gasteiger partial charge in [-0.05, 0) is 42.2 Å². The maximum absolute atomic E-state index is 5.91. The number of benzene rings is 1. The fourth-order valence-electron chi connectivity index (χ4n) is 2.05. The van der Waals surface area contributed by atoms with E-state index in [1.807, 2.05) is 18.2 Å². The number of pyridine rings is 1. The summed E-state index contributed by atoms with van der Waals surface area (Å²) in [5.41, 5.74) is 2.48. The molecule has 0 atom stereocenters. The number of aromatic nitrogens is 1. The summed E-state index contributed by atoms with van der Waals surface area (Å²) in [5.74, 6) is 2.33. The molecule has 3 nitrogen and oxygen atoms in total. The Hall–Kier alpha value is -2.03. The lowest BCUT2D eigenvalue weighted by Gasteiger charge is -2.15. The molecule has 0 aliphatic rings. The van der Waals surface area contributed by atoms with Crippen molar-refractivity contribution in [1.82, 2.24) is 4.98 Å². The lowest BCUT2D eigenvalue weighted by atomic mass is 10.0. The van der Waals surface area contributed by atoms with Crippen LogP contribution in [0.15, 0.2) is 42.6 Å². The first kappa shape index (κ1) is 14.4. The Bertz CT molecular complexity index is 538. The average Bonchev–Trinajstić information content (AvgIpc) is 2.44. The zero-order chi connectivity index (χ0) is 14.4. The molecule has 1 N–H and O–H groups in total. The molecular weight excluding hydrogens is 248 g/mol. The number of anilines is 1. The zero-order valence-corrected chi connectivity index (χ0v) is 12.4. The summed E-state index contributed by atoms with van der Waals surface area (Å²) in [4.78, 5) is 4.22. The second kappa shape index (κ2) is 6.94. The van der Waals surface area contributed by atoms with Crippen LogP contribution in [0.1, 0.15) is 30.9 Å². The number of hydrogen-bond donors (Lipinski definition) is 1. The molecule has 1 aromatic heterocycles. The lowest BCUT2D eigenvalue weighted by Crippen LogP contribution is -2.13. The fourth-order valence-corrected chi connectivity index (χ4v) is 2.05. The van der Waals surface area contributed by atoms with Crippen LogP contribution < -0.4 is 10.1 Å². The van der Waals surface area contributed by atoms with Crippen LogP contribution in [-0.4, -0.2) is 18.1 Å². The third kappa shape index (κ3) is 3.98. The molecule has 106 valence electrons. The van der Waals surface area contributed by atoms with Crippen LogP contribution in [0.5, 0.6) is 5.75 Å². The second-order valence-corrected chi connectivity index (χ2v) is 5.19. The molecule has 1 heterocycles. The van der Waals surface area contributed by atoms with Gasteiger partial charge in [0.1, 0.15) is 18.2 Å². The van der Waals surface area contributed by atoms with Crippen molar-refractivity contribution in [2.45, 2.75) is 26.7 Å². The van der Waals surface area contributed by atoms with Crippen molar-refractivity contribution < 1.29 is 4.74 Å². The van der Waals surface area contributed by atoms with Gasteiger partial charge in [-0.3, -0.25) is 0 Å². The molecule has 0 aliphatic carbocycles. The summed E-state index contributed by atoms with van der Waals surface area (Å²) in [7, 11) is 0. The van der Waals surface area contributed by atoms with Gasteiger partial charge in [-0.1, -0.05) is 32.0 Å². The average molecular weight is 270 g/mol. The highest BCUT2D eigenvalue weighted by Crippen LogP contribution is 2.27. The van der Waals surface area contributed by atoms with Gasteiger partial charge >= 0.3 is 0 Å². The molecule has 3 heteroatoms. The van der Waals surface area contributed by atoms with E-state index in [1.165, 1.54) is 11.1 Å². The normalized spacial score (nSPS) is 10.6. The Morgan fingerprint density at radius 3 is 2.75 bits per heavy atom. The lowest BCUT2D eigenvalue weighted by molar-refractivity contribution is 0.327. The highest BCUT2D eigenvalue weighted by atomic mass is 16.5. The summed E-state index contributed by atoms with van der Waals surface area (Å²) in [6.45, 7) is 7.82. The molecular formula is C17H22N2O. The van der Waals surface area contributed by atoms with Crippen molar-refractivity contribution in [1.29, 1.82) is 0 Å². The van der Waals surface area contributed by atoms with Crippen LogP contribution in [0.3, 0.4) is 0 Å². The summed E-state index contributed by atoms with van der Waals surface area (Å²) < 4.78 is 5.91. The van der Waals surface area contributed by atoms with Gasteiger partial charge in [0, 0.05) is 6.20 Å². The third-order valence-electron chi connectivity index (χ3n) is 3.12. The third-order valence-corrected chi connectivity index (χ3v) is 3.12. The van der Waals surface area contributed by atoms with E-state index >= 15 is 0 Å². The van der Waals surface area contributed by atoms with E-state index in [2.05, 4.69) is 49.3 Å². The van der Waals surface area contributed by atoms with E-state index in [0.717, 1.165) is 18.1 Å². The van der Waals surface area contributed by atoms with E-state index < -0.39 is 0 Å². The van der Waals surface area contributed by atoms with Crippen molar-refractivity contribution in [2.75, 3.05) is 18.5 Å². The molecule has 2 aromatic rings. The molecule has 1 aromatic carbocycles. The molecule has 2 rings (SSSR count). The second-order valence-electron chi connectivity index (χ2n) is 5.19. The van der Waals surface area contributed by atoms with Gasteiger partial charge in [0.15, 0.2) is 0 Å². The molecule has 0 radical (unpaired) electrons. The van der Waals surface area contributed by atoms with Crippen molar-refractivity contribution in [2.24, 2.45) is 0 Å². The van der Waals surface area contributed by atoms with Crippen LogP contribution >= 0.6 is 0 Å². The highest BCUT2D eigenvalue weighted by Gasteiger charge is 2.07. The topological polar surface area (TPSA) is 34.1 Å². The molecule has 0 aliphatic heterocycles. The summed E-state index contributed by atoms with van der Waals surface area (Å²) in [5, 5.41) is 3.24. The van der Waals surface area contributed by atoms with E-state index in [1.54, 1.807) is 6.20 Å². The van der Waals surface area contributed by atoms with Gasteiger partial charge < -0.3 is 10.1 Å². The number of hydrogen-bond acceptors (Lipinski definition) is 3. The molecule has 0 spiro atoms. The van der Waals surface area contributed by atoms with E-state index in [9.17, 15) is 0 Å². The van der Waals surface area contributed by atoms with Gasteiger partial charge in [-0.2, -0.15) is 0 Å². The van der Waals surface area contributed by atoms with Gasteiger partial charge in [0.2, 0.25) is 0 Å². The molecule has 0 bridgehead atoms. The van der Waals surface area contributed by atoms with Crippen molar-refractivity contribution in [3.05, 3.63) is 53.7 Å². The van der Waals surface area contributed by atoms with Gasteiger partial charge in [-0.25, -0.2) is 4.98 Å². The fraction of sp³-hybridized carbons (Fsp3) is 0.353. The molecule has 0 saturated carbocycles. The summed E-state index contributed by atoms with van der Waals surface area (Å²) >= 11 is 0. The van der Waals surface area contributed by atoms with Crippen molar-refractivity contribution >= 4 is 5.82 Å². The van der Waals surface area contributed by atoms with Crippen LogP contribution in [0.4, 0.5) is 5.82 Å². The molecule has 0 amide bonds. The standard InChI is InChI=1S/C17H22N2O/c1-13(2)15-8-7-14(3)12-16(15)20-11-10-19-17-6-4-5-9-18-17/h4-9,12-13H,10-11H2,1-3H3,(H,18,19). The number of aryl methyl sites for hydroxylation is 1. The molecule has 0 unspecified atom stereocenters. The van der Waals surface area contributed by atoms with Crippen LogP contribution in [0.25, 0.3) is 0 Å². The molecule has 0 saturated heterocycles. The number of rotatable bonds is 6. The van der Waals surface area contributed by atoms with Crippen molar-refractivity contribution in [3.63, 3.8) is 0 Å². The predicted octanol–water partition coefficient (Wildman–Crippen LogP) is 4.00. The zero-order valence-electron chi connectivity index (χ0n) is 12.4. The first-order valence-corrected chi connectivity index (χ1v) is 7.05. The number of nitrogens with zero attached hydrogens (tertiary/aromatic N) is 1. The monoisotopic (exact) mass is 270 g/mol. The first-order valence-electron chi connectivity index (χ1n) is 7.05.